The van der Waals surface area contributed by atoms with Gasteiger partial charge in [0.1, 0.15) is 16.5 Å². The van der Waals surface area contributed by atoms with Gasteiger partial charge in [-0.2, -0.15) is 0 Å². The van der Waals surface area contributed by atoms with Gasteiger partial charge in [-0.05, 0) is 49.7 Å². The number of aromatic nitrogens is 1. The summed E-state index contributed by atoms with van der Waals surface area (Å²) in [5.74, 6) is -1.40. The zero-order valence-corrected chi connectivity index (χ0v) is 15.6. The van der Waals surface area contributed by atoms with Crippen molar-refractivity contribution in [1.82, 2.24) is 9.88 Å². The lowest BCUT2D eigenvalue weighted by Gasteiger charge is -2.24. The number of fused-ring (bicyclic) bond motifs is 3. The zero-order valence-electron chi connectivity index (χ0n) is 14.7. The molecule has 1 saturated heterocycles. The number of hydrogen-bond acceptors (Lipinski definition) is 4. The molecule has 3 aromatic rings. The third kappa shape index (κ3) is 3.01. The Morgan fingerprint density at radius 2 is 1.93 bits per heavy atom. The molecule has 2 heterocycles. The number of aliphatic hydroxyl groups excluding tert-OH is 1. The average molecular weight is 394 g/mol. The number of β-amino-alcohol motifs (C(OH)–C–C–N with tert-alkyl or cyclic N) is 1. The topological polar surface area (TPSA) is 71.3 Å². The summed E-state index contributed by atoms with van der Waals surface area (Å²) in [7, 11) is -3.89. The quantitative estimate of drug-likeness (QED) is 0.701. The molecule has 0 unspecified atom stereocenters. The third-order valence-corrected chi connectivity index (χ3v) is 6.33. The van der Waals surface area contributed by atoms with Gasteiger partial charge in [0.25, 0.3) is 0 Å². The molecule has 0 bridgehead atoms. The van der Waals surface area contributed by atoms with Gasteiger partial charge in [0.15, 0.2) is 9.84 Å². The van der Waals surface area contributed by atoms with Gasteiger partial charge in [-0.1, -0.05) is 0 Å². The van der Waals surface area contributed by atoms with E-state index in [0.717, 1.165) is 25.3 Å². The van der Waals surface area contributed by atoms with Crippen LogP contribution in [-0.4, -0.2) is 43.5 Å². The summed E-state index contributed by atoms with van der Waals surface area (Å²) < 4.78 is 54.9. The summed E-state index contributed by atoms with van der Waals surface area (Å²) in [6, 6.07) is 6.36. The monoisotopic (exact) mass is 394 g/mol. The van der Waals surface area contributed by atoms with Crippen molar-refractivity contribution in [2.45, 2.75) is 29.9 Å². The predicted molar refractivity (Wildman–Crippen MR) is 99.6 cm³/mol. The van der Waals surface area contributed by atoms with E-state index in [9.17, 15) is 22.3 Å². The number of nitrogens with one attached hydrogen (secondary N) is 1. The highest BCUT2D eigenvalue weighted by Crippen LogP contribution is 2.39. The van der Waals surface area contributed by atoms with Gasteiger partial charge in [0, 0.05) is 29.1 Å². The maximum absolute atomic E-state index is 14.5. The van der Waals surface area contributed by atoms with Crippen molar-refractivity contribution in [3.05, 3.63) is 42.0 Å². The van der Waals surface area contributed by atoms with Crippen molar-refractivity contribution in [1.29, 1.82) is 0 Å². The molecule has 0 saturated carbocycles. The molecular weight excluding hydrogens is 374 g/mol. The van der Waals surface area contributed by atoms with Gasteiger partial charge in [0.05, 0.1) is 17.7 Å². The van der Waals surface area contributed by atoms with Gasteiger partial charge in [-0.15, -0.1) is 0 Å². The maximum atomic E-state index is 14.5. The first-order valence-corrected chi connectivity index (χ1v) is 10.7. The van der Waals surface area contributed by atoms with E-state index in [4.69, 9.17) is 0 Å². The minimum absolute atomic E-state index is 0.163. The SMILES string of the molecule is CS(=O)(=O)c1c(F)ccc2c1c1cc(F)ccc1n2[C@H]1CCCNC[C@@H]1O. The molecule has 27 heavy (non-hydrogen) atoms. The molecule has 0 aliphatic carbocycles. The lowest BCUT2D eigenvalue weighted by molar-refractivity contribution is 0.119. The van der Waals surface area contributed by atoms with Gasteiger partial charge < -0.3 is 15.0 Å². The lowest BCUT2D eigenvalue weighted by atomic mass is 10.1. The first-order valence-electron chi connectivity index (χ1n) is 8.79. The molecule has 1 fully saturated rings. The summed E-state index contributed by atoms with van der Waals surface area (Å²) in [6.45, 7) is 1.16. The van der Waals surface area contributed by atoms with E-state index in [-0.39, 0.29) is 11.4 Å². The largest absolute Gasteiger partial charge is 0.390 e. The van der Waals surface area contributed by atoms with Crippen LogP contribution >= 0.6 is 0 Å². The Balaban J connectivity index is 2.16. The van der Waals surface area contributed by atoms with E-state index in [2.05, 4.69) is 5.32 Å². The van der Waals surface area contributed by atoms with Crippen LogP contribution in [0.5, 0.6) is 0 Å². The minimum Gasteiger partial charge on any atom is -0.390 e. The number of rotatable bonds is 2. The normalized spacial score (nSPS) is 21.6. The fraction of sp³-hybridized carbons (Fsp3) is 0.368. The summed E-state index contributed by atoms with van der Waals surface area (Å²) in [5, 5.41) is 14.3. The van der Waals surface area contributed by atoms with E-state index >= 15 is 0 Å². The highest BCUT2D eigenvalue weighted by Gasteiger charge is 2.29. The maximum Gasteiger partial charge on any atom is 0.179 e. The molecule has 2 atom stereocenters. The molecule has 1 aliphatic heterocycles. The molecule has 0 amide bonds. The van der Waals surface area contributed by atoms with Crippen molar-refractivity contribution in [3.8, 4) is 0 Å². The van der Waals surface area contributed by atoms with Gasteiger partial charge in [0.2, 0.25) is 0 Å². The molecule has 8 heteroatoms. The van der Waals surface area contributed by atoms with Crippen LogP contribution in [0.25, 0.3) is 21.8 Å². The Bertz CT molecular complexity index is 1140. The zero-order chi connectivity index (χ0) is 19.3. The molecule has 2 aromatic carbocycles. The van der Waals surface area contributed by atoms with Crippen LogP contribution in [0.1, 0.15) is 18.9 Å². The smallest absolute Gasteiger partial charge is 0.179 e. The number of benzene rings is 2. The number of aliphatic hydroxyl groups is 1. The van der Waals surface area contributed by atoms with E-state index < -0.39 is 32.5 Å². The first-order chi connectivity index (χ1) is 12.8. The summed E-state index contributed by atoms with van der Waals surface area (Å²) in [4.78, 5) is -0.435. The van der Waals surface area contributed by atoms with Crippen molar-refractivity contribution < 1.29 is 22.3 Å². The van der Waals surface area contributed by atoms with Crippen LogP contribution in [0.4, 0.5) is 8.78 Å². The molecular formula is C19H20F2N2O3S. The molecule has 5 nitrogen and oxygen atoms in total. The van der Waals surface area contributed by atoms with Crippen LogP contribution in [0, 0.1) is 11.6 Å². The fourth-order valence-electron chi connectivity index (χ4n) is 4.09. The fourth-order valence-corrected chi connectivity index (χ4v) is 5.10. The third-order valence-electron chi connectivity index (χ3n) is 5.19. The van der Waals surface area contributed by atoms with Crippen LogP contribution < -0.4 is 5.32 Å². The summed E-state index contributed by atoms with van der Waals surface area (Å²) in [6.07, 6.45) is 1.72. The van der Waals surface area contributed by atoms with Crippen molar-refractivity contribution >= 4 is 31.6 Å². The van der Waals surface area contributed by atoms with Crippen LogP contribution in [0.15, 0.2) is 35.2 Å². The van der Waals surface area contributed by atoms with E-state index in [1.54, 1.807) is 6.07 Å². The van der Waals surface area contributed by atoms with E-state index in [0.29, 0.717) is 29.4 Å². The summed E-state index contributed by atoms with van der Waals surface area (Å²) in [5.41, 5.74) is 1.05. The molecule has 144 valence electrons. The average Bonchev–Trinajstić information content (AvgIpc) is 2.74. The van der Waals surface area contributed by atoms with Crippen molar-refractivity contribution in [2.75, 3.05) is 19.3 Å². The molecule has 1 aromatic heterocycles. The van der Waals surface area contributed by atoms with Crippen LogP contribution in [0.3, 0.4) is 0 Å². The second-order valence-corrected chi connectivity index (χ2v) is 9.01. The number of hydrogen-bond donors (Lipinski definition) is 2. The second kappa shape index (κ2) is 6.54. The van der Waals surface area contributed by atoms with Crippen LogP contribution in [0.2, 0.25) is 0 Å². The van der Waals surface area contributed by atoms with Crippen molar-refractivity contribution in [3.63, 3.8) is 0 Å². The lowest BCUT2D eigenvalue weighted by Crippen LogP contribution is -2.31. The molecule has 1 aliphatic rings. The second-order valence-electron chi connectivity index (χ2n) is 7.06. The molecule has 2 N–H and O–H groups in total. The number of sulfone groups is 1. The Kier molecular flexibility index (Phi) is 4.44. The van der Waals surface area contributed by atoms with Gasteiger partial charge in [-0.3, -0.25) is 0 Å². The standard InChI is InChI=1S/C19H20F2N2O3S/c1-27(25,26)19-13(21)5-7-16-18(19)12-9-11(20)4-6-14(12)23(16)15-3-2-8-22-10-17(15)24/h4-7,9,15,17,22,24H,2-3,8,10H2,1H3/t15-,17-/m0/s1. The number of halogens is 2. The first kappa shape index (κ1) is 18.3. The van der Waals surface area contributed by atoms with E-state index in [1.807, 2.05) is 4.57 Å². The van der Waals surface area contributed by atoms with Crippen molar-refractivity contribution in [2.24, 2.45) is 0 Å². The molecule has 0 spiro atoms. The highest BCUT2D eigenvalue weighted by molar-refractivity contribution is 7.91. The van der Waals surface area contributed by atoms with Gasteiger partial charge in [-0.25, -0.2) is 17.2 Å². The highest BCUT2D eigenvalue weighted by atomic mass is 32.2. The Hall–Kier alpha value is -2.03. The van der Waals surface area contributed by atoms with Gasteiger partial charge >= 0.3 is 0 Å². The Labute approximate surface area is 155 Å². The minimum atomic E-state index is -3.89. The Morgan fingerprint density at radius 1 is 1.19 bits per heavy atom. The molecule has 0 radical (unpaired) electrons. The predicted octanol–water partition coefficient (Wildman–Crippen LogP) is 2.76. The van der Waals surface area contributed by atoms with E-state index in [1.165, 1.54) is 18.2 Å². The molecule has 4 rings (SSSR count). The Morgan fingerprint density at radius 3 is 2.67 bits per heavy atom. The van der Waals surface area contributed by atoms with Crippen LogP contribution in [-0.2, 0) is 9.84 Å². The summed E-state index contributed by atoms with van der Waals surface area (Å²) >= 11 is 0. The number of nitrogens with zero attached hydrogens (tertiary/aromatic N) is 1.